The van der Waals surface area contributed by atoms with Crippen LogP contribution >= 0.6 is 0 Å². The molecule has 2 amide bonds. The van der Waals surface area contributed by atoms with Gasteiger partial charge in [0.1, 0.15) is 11.6 Å². The van der Waals surface area contributed by atoms with Crippen LogP contribution in [0.4, 0.5) is 0 Å². The van der Waals surface area contributed by atoms with Crippen LogP contribution in [0.3, 0.4) is 0 Å². The Hall–Kier alpha value is -3.55. The summed E-state index contributed by atoms with van der Waals surface area (Å²) in [6.07, 6.45) is 1.85. The fourth-order valence-corrected chi connectivity index (χ4v) is 6.74. The first-order valence-electron chi connectivity index (χ1n) is 13.2. The molecule has 11 nitrogen and oxygen atoms in total. The van der Waals surface area contributed by atoms with Gasteiger partial charge in [-0.25, -0.2) is 16.8 Å². The molecule has 2 unspecified atom stereocenters. The van der Waals surface area contributed by atoms with Gasteiger partial charge in [-0.1, -0.05) is 32.0 Å². The number of nitrogens with zero attached hydrogens (tertiary/aromatic N) is 1. The van der Waals surface area contributed by atoms with Crippen LogP contribution in [0.15, 0.2) is 68.8 Å². The van der Waals surface area contributed by atoms with Crippen molar-refractivity contribution in [2.45, 2.75) is 55.0 Å². The van der Waals surface area contributed by atoms with Gasteiger partial charge in [-0.2, -0.15) is 4.31 Å². The molecule has 0 spiro atoms. The maximum Gasteiger partial charge on any atom is 0.287 e. The summed E-state index contributed by atoms with van der Waals surface area (Å²) in [5, 5.41) is 6.17. The number of nitrogens with one attached hydrogen (secondary N) is 2. The van der Waals surface area contributed by atoms with Crippen molar-refractivity contribution in [2.75, 3.05) is 19.3 Å². The Morgan fingerprint density at radius 2 is 1.68 bits per heavy atom. The Bertz CT molecular complexity index is 1630. The quantitative estimate of drug-likeness (QED) is 0.377. The fraction of sp³-hybridized carbons (Fsp3) is 0.393. The lowest BCUT2D eigenvalue weighted by Crippen LogP contribution is -2.52. The van der Waals surface area contributed by atoms with Crippen LogP contribution in [0.5, 0.6) is 0 Å². The van der Waals surface area contributed by atoms with E-state index < -0.39 is 56.1 Å². The van der Waals surface area contributed by atoms with Gasteiger partial charge < -0.3 is 15.1 Å². The molecule has 41 heavy (non-hydrogen) atoms. The predicted molar refractivity (Wildman–Crippen MR) is 151 cm³/mol. The molecule has 2 heterocycles. The molecule has 1 fully saturated rings. The minimum atomic E-state index is -4.08. The molecule has 1 aliphatic rings. The number of carbonyl (C=O) groups is 3. The van der Waals surface area contributed by atoms with Crippen molar-refractivity contribution in [1.29, 1.82) is 0 Å². The van der Waals surface area contributed by atoms with Gasteiger partial charge in [0.2, 0.25) is 15.9 Å². The zero-order chi connectivity index (χ0) is 29.9. The molecule has 1 aliphatic heterocycles. The molecule has 1 saturated heterocycles. The van der Waals surface area contributed by atoms with Crippen molar-refractivity contribution in [3.05, 3.63) is 60.4 Å². The van der Waals surface area contributed by atoms with Crippen LogP contribution in [0, 0.1) is 5.92 Å². The molecule has 1 aromatic heterocycles. The third kappa shape index (κ3) is 7.21. The zero-order valence-electron chi connectivity index (χ0n) is 23.0. The smallest absolute Gasteiger partial charge is 0.287 e. The second kappa shape index (κ2) is 12.1. The lowest BCUT2D eigenvalue weighted by atomic mass is 10.0. The summed E-state index contributed by atoms with van der Waals surface area (Å²) in [5.41, 5.74) is 0.539. The van der Waals surface area contributed by atoms with E-state index in [9.17, 15) is 31.2 Å². The van der Waals surface area contributed by atoms with Gasteiger partial charge in [0.05, 0.1) is 22.4 Å². The highest BCUT2D eigenvalue weighted by Crippen LogP contribution is 2.22. The Morgan fingerprint density at radius 1 is 1.02 bits per heavy atom. The van der Waals surface area contributed by atoms with Gasteiger partial charge in [-0.3, -0.25) is 14.4 Å². The minimum Gasteiger partial charge on any atom is -0.451 e. The van der Waals surface area contributed by atoms with Gasteiger partial charge in [-0.15, -0.1) is 0 Å². The Balaban J connectivity index is 1.44. The van der Waals surface area contributed by atoms with Crippen LogP contribution in [-0.4, -0.2) is 70.2 Å². The Labute approximate surface area is 239 Å². The molecule has 0 aliphatic carbocycles. The van der Waals surface area contributed by atoms with Crippen molar-refractivity contribution < 1.29 is 35.6 Å². The first kappa shape index (κ1) is 30.4. The number of para-hydroxylation sites is 1. The van der Waals surface area contributed by atoms with Crippen LogP contribution in [-0.2, 0) is 29.4 Å². The van der Waals surface area contributed by atoms with E-state index in [1.807, 2.05) is 19.9 Å². The number of amides is 2. The monoisotopic (exact) mass is 603 g/mol. The number of furan rings is 1. The number of sulfone groups is 1. The van der Waals surface area contributed by atoms with E-state index in [4.69, 9.17) is 4.42 Å². The number of rotatable bonds is 9. The Morgan fingerprint density at radius 3 is 2.32 bits per heavy atom. The molecule has 2 aromatic carbocycles. The van der Waals surface area contributed by atoms with Crippen molar-refractivity contribution >= 4 is 48.4 Å². The van der Waals surface area contributed by atoms with E-state index in [1.165, 1.54) is 24.3 Å². The number of hydrogen-bond donors (Lipinski definition) is 2. The van der Waals surface area contributed by atoms with Crippen LogP contribution < -0.4 is 10.6 Å². The second-order valence-corrected chi connectivity index (χ2v) is 14.5. The van der Waals surface area contributed by atoms with E-state index in [-0.39, 0.29) is 34.4 Å². The average Bonchev–Trinajstić information content (AvgIpc) is 3.26. The summed E-state index contributed by atoms with van der Waals surface area (Å²) >= 11 is 0. The molecular formula is C28H33N3O8S2. The van der Waals surface area contributed by atoms with Gasteiger partial charge >= 0.3 is 0 Å². The molecule has 0 radical (unpaired) electrons. The van der Waals surface area contributed by atoms with Crippen molar-refractivity contribution in [3.63, 3.8) is 0 Å². The molecular weight excluding hydrogens is 570 g/mol. The highest BCUT2D eigenvalue weighted by Gasteiger charge is 2.34. The van der Waals surface area contributed by atoms with E-state index in [0.717, 1.165) is 15.9 Å². The maximum absolute atomic E-state index is 13.3. The van der Waals surface area contributed by atoms with Crippen LogP contribution in [0.25, 0.3) is 11.0 Å². The fourth-order valence-electron chi connectivity index (χ4n) is 4.66. The molecule has 0 saturated carbocycles. The topological polar surface area (TPSA) is 160 Å². The zero-order valence-corrected chi connectivity index (χ0v) is 24.6. The number of fused-ring (bicyclic) bond motifs is 1. The third-order valence-corrected chi connectivity index (χ3v) is 9.79. The molecule has 13 heteroatoms. The minimum absolute atomic E-state index is 0.0189. The SMILES string of the molecule is CC(C)CC(NC(=O)c1cc2ccccc2o1)C(=O)NC1CCCN(S(=O)(=O)c2ccc(S(C)(=O)=O)cc2)CC1=O. The highest BCUT2D eigenvalue weighted by atomic mass is 32.2. The molecule has 2 N–H and O–H groups in total. The summed E-state index contributed by atoms with van der Waals surface area (Å²) in [6, 6.07) is 11.7. The average molecular weight is 604 g/mol. The Kier molecular flexibility index (Phi) is 9.00. The molecule has 4 rings (SSSR count). The number of Topliss-reactive ketones (excluding diaryl/α,β-unsaturated/α-hetero) is 1. The second-order valence-electron chi connectivity index (χ2n) is 10.6. The predicted octanol–water partition coefficient (Wildman–Crippen LogP) is 2.52. The maximum atomic E-state index is 13.3. The van der Waals surface area contributed by atoms with Crippen molar-refractivity contribution in [3.8, 4) is 0 Å². The standard InChI is InChI=1S/C28H33N3O8S2/c1-18(2)15-23(30-28(34)26-16-19-7-4-5-9-25(19)39-26)27(33)29-22-8-6-14-31(17-24(22)32)41(37,38)21-12-10-20(11-13-21)40(3,35)36/h4-5,7,9-13,16,18,22-23H,6,8,14-15,17H2,1-3H3,(H,29,33)(H,30,34). The summed E-state index contributed by atoms with van der Waals surface area (Å²) in [5.74, 6) is -1.49. The first-order valence-corrected chi connectivity index (χ1v) is 16.5. The van der Waals surface area contributed by atoms with E-state index in [0.29, 0.717) is 18.4 Å². The summed E-state index contributed by atoms with van der Waals surface area (Å²) in [7, 11) is -7.59. The van der Waals surface area contributed by atoms with Crippen LogP contribution in [0.2, 0.25) is 0 Å². The number of sulfonamides is 1. The summed E-state index contributed by atoms with van der Waals surface area (Å²) < 4.78 is 56.5. The third-order valence-electron chi connectivity index (χ3n) is 6.81. The first-order chi connectivity index (χ1) is 19.3. The molecule has 2 atom stereocenters. The van der Waals surface area contributed by atoms with E-state index >= 15 is 0 Å². The lowest BCUT2D eigenvalue weighted by molar-refractivity contribution is -0.129. The number of carbonyl (C=O) groups excluding carboxylic acids is 3. The van der Waals surface area contributed by atoms with Crippen LogP contribution in [0.1, 0.15) is 43.7 Å². The van der Waals surface area contributed by atoms with Crippen molar-refractivity contribution in [2.24, 2.45) is 5.92 Å². The van der Waals surface area contributed by atoms with Gasteiger partial charge in [-0.05, 0) is 61.6 Å². The number of benzene rings is 2. The molecule has 3 aromatic rings. The van der Waals surface area contributed by atoms with E-state index in [1.54, 1.807) is 24.3 Å². The molecule has 220 valence electrons. The van der Waals surface area contributed by atoms with Gasteiger partial charge in [0, 0.05) is 18.2 Å². The number of ketones is 1. The normalized spacial score (nSPS) is 17.8. The summed E-state index contributed by atoms with van der Waals surface area (Å²) in [4.78, 5) is 39.2. The van der Waals surface area contributed by atoms with E-state index in [2.05, 4.69) is 10.6 Å². The lowest BCUT2D eigenvalue weighted by Gasteiger charge is -2.23. The summed E-state index contributed by atoms with van der Waals surface area (Å²) in [6.45, 7) is 3.39. The largest absolute Gasteiger partial charge is 0.451 e. The highest BCUT2D eigenvalue weighted by molar-refractivity contribution is 7.90. The number of hydrogen-bond acceptors (Lipinski definition) is 8. The molecule has 0 bridgehead atoms. The van der Waals surface area contributed by atoms with Crippen molar-refractivity contribution in [1.82, 2.24) is 14.9 Å². The van der Waals surface area contributed by atoms with Gasteiger partial charge in [0.15, 0.2) is 21.4 Å². The van der Waals surface area contributed by atoms with Gasteiger partial charge in [0.25, 0.3) is 5.91 Å².